The molecule has 26 heavy (non-hydrogen) atoms. The second kappa shape index (κ2) is 7.41. The van der Waals surface area contributed by atoms with Crippen LogP contribution in [0.25, 0.3) is 0 Å². The van der Waals surface area contributed by atoms with Crippen LogP contribution in [0.1, 0.15) is 39.4 Å². The normalized spacial score (nSPS) is 16.8. The van der Waals surface area contributed by atoms with Crippen molar-refractivity contribution in [3.63, 3.8) is 0 Å². The summed E-state index contributed by atoms with van der Waals surface area (Å²) in [5.41, 5.74) is 10.2. The molecule has 0 spiro atoms. The summed E-state index contributed by atoms with van der Waals surface area (Å²) >= 11 is 0. The Labute approximate surface area is 155 Å². The van der Waals surface area contributed by atoms with E-state index in [9.17, 15) is 4.79 Å². The zero-order valence-electron chi connectivity index (χ0n) is 16.0. The lowest BCUT2D eigenvalue weighted by Gasteiger charge is -2.22. The molecule has 1 aromatic carbocycles. The van der Waals surface area contributed by atoms with Crippen molar-refractivity contribution >= 4 is 11.7 Å². The third kappa shape index (κ3) is 3.70. The van der Waals surface area contributed by atoms with Crippen LogP contribution in [-0.4, -0.2) is 47.0 Å². The smallest absolute Gasteiger partial charge is 0.291 e. The Hall–Kier alpha value is -2.47. The van der Waals surface area contributed by atoms with Crippen LogP contribution in [0.3, 0.4) is 0 Å². The number of anilines is 1. The van der Waals surface area contributed by atoms with E-state index in [4.69, 9.17) is 5.73 Å². The summed E-state index contributed by atoms with van der Waals surface area (Å²) in [6.45, 7) is 8.14. The van der Waals surface area contributed by atoms with Crippen LogP contribution in [0.4, 0.5) is 5.82 Å². The Kier molecular flexibility index (Phi) is 5.23. The first kappa shape index (κ1) is 18.3. The number of carbonyl (C=O) groups excluding carboxylic acids is 1. The molecule has 0 unspecified atom stereocenters. The maximum atomic E-state index is 12.9. The predicted molar refractivity (Wildman–Crippen MR) is 103 cm³/mol. The van der Waals surface area contributed by atoms with Crippen LogP contribution in [0.5, 0.6) is 0 Å². The molecule has 1 saturated heterocycles. The lowest BCUT2D eigenvalue weighted by molar-refractivity contribution is 0.0772. The monoisotopic (exact) mass is 353 g/mol. The first-order valence-corrected chi connectivity index (χ1v) is 9.02. The first-order chi connectivity index (χ1) is 12.4. The molecule has 2 N–H and O–H groups in total. The summed E-state index contributed by atoms with van der Waals surface area (Å²) in [6.07, 6.45) is 0.943. The van der Waals surface area contributed by atoms with Crippen molar-refractivity contribution in [2.24, 2.45) is 5.73 Å². The third-order valence-electron chi connectivity index (χ3n) is 5.09. The molecule has 0 saturated carbocycles. The van der Waals surface area contributed by atoms with E-state index in [1.54, 1.807) is 11.9 Å². The summed E-state index contributed by atoms with van der Waals surface area (Å²) in [6, 6.07) is 8.24. The average Bonchev–Trinajstić information content (AvgIpc) is 3.04. The molecular weight excluding hydrogens is 326 g/mol. The largest absolute Gasteiger partial charge is 0.355 e. The number of hydrogen-bond acceptors (Lipinski definition) is 5. The highest BCUT2D eigenvalue weighted by Gasteiger charge is 2.25. The van der Waals surface area contributed by atoms with Gasteiger partial charge in [-0.3, -0.25) is 4.79 Å². The minimum atomic E-state index is -0.166. The molecule has 1 aromatic heterocycles. The Balaban J connectivity index is 1.85. The second-order valence-corrected chi connectivity index (χ2v) is 7.16. The van der Waals surface area contributed by atoms with Crippen LogP contribution < -0.4 is 10.6 Å². The molecule has 2 aromatic rings. The number of nitrogens with two attached hydrogens (primary N) is 1. The van der Waals surface area contributed by atoms with Crippen molar-refractivity contribution in [2.75, 3.05) is 25.0 Å². The van der Waals surface area contributed by atoms with Crippen molar-refractivity contribution in [3.8, 4) is 0 Å². The molecule has 1 aliphatic rings. The fraction of sp³-hybridized carbons (Fsp3) is 0.450. The number of aryl methyl sites for hydroxylation is 2. The quantitative estimate of drug-likeness (QED) is 0.912. The molecule has 3 rings (SSSR count). The van der Waals surface area contributed by atoms with Gasteiger partial charge >= 0.3 is 0 Å². The number of carbonyl (C=O) groups is 1. The molecule has 2 heterocycles. The molecule has 6 heteroatoms. The molecule has 1 aliphatic heterocycles. The standard InChI is InChI=1S/C20H27N5O/c1-13-7-5-6-8-16(13)11-24(4)20(26)18-22-15(3)14(2)19(23-18)25-10-9-17(21)12-25/h5-8,17H,9-12,21H2,1-4H3/t17-/m1/s1. The Morgan fingerprint density at radius 1 is 1.27 bits per heavy atom. The van der Waals surface area contributed by atoms with Crippen molar-refractivity contribution in [1.29, 1.82) is 0 Å². The molecular formula is C20H27N5O. The summed E-state index contributed by atoms with van der Waals surface area (Å²) in [7, 11) is 1.79. The Morgan fingerprint density at radius 2 is 2.00 bits per heavy atom. The lowest BCUT2D eigenvalue weighted by Crippen LogP contribution is -2.31. The topological polar surface area (TPSA) is 75.4 Å². The summed E-state index contributed by atoms with van der Waals surface area (Å²) in [4.78, 5) is 25.8. The molecule has 1 atom stereocenters. The van der Waals surface area contributed by atoms with E-state index in [1.807, 2.05) is 32.0 Å². The average molecular weight is 353 g/mol. The van der Waals surface area contributed by atoms with E-state index in [1.165, 1.54) is 5.56 Å². The highest BCUT2D eigenvalue weighted by atomic mass is 16.2. The van der Waals surface area contributed by atoms with Crippen molar-refractivity contribution < 1.29 is 4.79 Å². The van der Waals surface area contributed by atoms with Gasteiger partial charge in [-0.2, -0.15) is 0 Å². The van der Waals surface area contributed by atoms with Gasteiger partial charge in [0.1, 0.15) is 5.82 Å². The zero-order valence-corrected chi connectivity index (χ0v) is 16.0. The number of benzene rings is 1. The van der Waals surface area contributed by atoms with Gasteiger partial charge in [-0.1, -0.05) is 24.3 Å². The molecule has 138 valence electrons. The third-order valence-corrected chi connectivity index (χ3v) is 5.09. The van der Waals surface area contributed by atoms with E-state index in [2.05, 4.69) is 27.9 Å². The summed E-state index contributed by atoms with van der Waals surface area (Å²) < 4.78 is 0. The van der Waals surface area contributed by atoms with Crippen LogP contribution >= 0.6 is 0 Å². The van der Waals surface area contributed by atoms with Gasteiger partial charge in [-0.15, -0.1) is 0 Å². The number of amides is 1. The number of aromatic nitrogens is 2. The fourth-order valence-corrected chi connectivity index (χ4v) is 3.28. The highest BCUT2D eigenvalue weighted by Crippen LogP contribution is 2.24. The zero-order chi connectivity index (χ0) is 18.8. The van der Waals surface area contributed by atoms with E-state index < -0.39 is 0 Å². The summed E-state index contributed by atoms with van der Waals surface area (Å²) in [5, 5.41) is 0. The summed E-state index contributed by atoms with van der Waals surface area (Å²) in [5.74, 6) is 0.916. The van der Waals surface area contributed by atoms with Gasteiger partial charge < -0.3 is 15.5 Å². The maximum absolute atomic E-state index is 12.9. The van der Waals surface area contributed by atoms with E-state index in [-0.39, 0.29) is 17.8 Å². The van der Waals surface area contributed by atoms with Gasteiger partial charge in [0, 0.05) is 44.0 Å². The number of nitrogens with zero attached hydrogens (tertiary/aromatic N) is 4. The first-order valence-electron chi connectivity index (χ1n) is 9.02. The molecule has 0 radical (unpaired) electrons. The Bertz CT molecular complexity index is 820. The van der Waals surface area contributed by atoms with E-state index >= 15 is 0 Å². The fourth-order valence-electron chi connectivity index (χ4n) is 3.28. The van der Waals surface area contributed by atoms with E-state index in [0.29, 0.717) is 6.54 Å². The van der Waals surface area contributed by atoms with E-state index in [0.717, 1.165) is 42.1 Å². The minimum absolute atomic E-state index is 0.160. The Morgan fingerprint density at radius 3 is 2.65 bits per heavy atom. The SMILES string of the molecule is Cc1ccccc1CN(C)C(=O)c1nc(C)c(C)c(N2CC[C@@H](N)C2)n1. The van der Waals surface area contributed by atoms with Crippen LogP contribution in [-0.2, 0) is 6.54 Å². The van der Waals surface area contributed by atoms with Crippen LogP contribution in [0.15, 0.2) is 24.3 Å². The van der Waals surface area contributed by atoms with Crippen molar-refractivity contribution in [2.45, 2.75) is 39.8 Å². The van der Waals surface area contributed by atoms with Gasteiger partial charge in [0.05, 0.1) is 0 Å². The number of rotatable bonds is 4. The van der Waals surface area contributed by atoms with Gasteiger partial charge in [0.2, 0.25) is 5.82 Å². The predicted octanol–water partition coefficient (Wildman–Crippen LogP) is 2.21. The molecule has 0 bridgehead atoms. The second-order valence-electron chi connectivity index (χ2n) is 7.16. The lowest BCUT2D eigenvalue weighted by atomic mass is 10.1. The highest BCUT2D eigenvalue weighted by molar-refractivity contribution is 5.90. The van der Waals surface area contributed by atoms with Crippen molar-refractivity contribution in [1.82, 2.24) is 14.9 Å². The molecule has 1 amide bonds. The van der Waals surface area contributed by atoms with Crippen molar-refractivity contribution in [3.05, 3.63) is 52.5 Å². The molecule has 0 aliphatic carbocycles. The van der Waals surface area contributed by atoms with Crippen LogP contribution in [0, 0.1) is 20.8 Å². The van der Waals surface area contributed by atoms with Crippen LogP contribution in [0.2, 0.25) is 0 Å². The number of hydrogen-bond donors (Lipinski definition) is 1. The molecule has 1 fully saturated rings. The van der Waals surface area contributed by atoms with Gasteiger partial charge in [-0.05, 0) is 38.3 Å². The van der Waals surface area contributed by atoms with Gasteiger partial charge in [0.15, 0.2) is 0 Å². The van der Waals surface area contributed by atoms with Gasteiger partial charge in [0.25, 0.3) is 5.91 Å². The maximum Gasteiger partial charge on any atom is 0.291 e. The van der Waals surface area contributed by atoms with Gasteiger partial charge in [-0.25, -0.2) is 9.97 Å². The minimum Gasteiger partial charge on any atom is -0.355 e. The molecule has 6 nitrogen and oxygen atoms in total.